The molecule has 2 fully saturated rings. The van der Waals surface area contributed by atoms with Gasteiger partial charge in [0.1, 0.15) is 5.75 Å². The molecule has 1 aromatic carbocycles. The van der Waals surface area contributed by atoms with Gasteiger partial charge in [0.25, 0.3) is 5.69 Å². The molecule has 142 valence electrons. The number of nitrogens with one attached hydrogen (secondary N) is 1. The molecule has 1 atom stereocenters. The maximum atomic E-state index is 11.2. The largest absolute Gasteiger partial charge is 0.506 e. The standard InChI is InChI=1S/C16H22BrN3O3.2ClH/c17-14-10-12(20(22)23)9-13(16(14)21)15(11-3-1-2-4-11)19-7-5-18-6-8-19;;/h9-11,15,18,21H,1-8H2;2*1H/t15-;;/m0../s1. The number of piperazine rings is 1. The number of benzene rings is 1. The molecule has 2 N–H and O–H groups in total. The van der Waals surface area contributed by atoms with E-state index in [0.717, 1.165) is 39.0 Å². The van der Waals surface area contributed by atoms with Gasteiger partial charge in [-0.15, -0.1) is 24.8 Å². The fourth-order valence-corrected chi connectivity index (χ4v) is 4.38. The summed E-state index contributed by atoms with van der Waals surface area (Å²) < 4.78 is 0.403. The van der Waals surface area contributed by atoms with Crippen LogP contribution in [-0.4, -0.2) is 41.1 Å². The topological polar surface area (TPSA) is 78.6 Å². The molecule has 0 radical (unpaired) electrons. The molecule has 9 heteroatoms. The highest BCUT2D eigenvalue weighted by molar-refractivity contribution is 9.10. The van der Waals surface area contributed by atoms with Crippen molar-refractivity contribution in [1.82, 2.24) is 10.2 Å². The monoisotopic (exact) mass is 455 g/mol. The van der Waals surface area contributed by atoms with Crippen LogP contribution < -0.4 is 5.32 Å². The van der Waals surface area contributed by atoms with Gasteiger partial charge in [-0.3, -0.25) is 15.0 Å². The zero-order valence-corrected chi connectivity index (χ0v) is 17.0. The summed E-state index contributed by atoms with van der Waals surface area (Å²) in [6.45, 7) is 3.64. The van der Waals surface area contributed by atoms with E-state index in [1.54, 1.807) is 6.07 Å². The smallest absolute Gasteiger partial charge is 0.271 e. The van der Waals surface area contributed by atoms with Gasteiger partial charge in [0.15, 0.2) is 0 Å². The van der Waals surface area contributed by atoms with Crippen LogP contribution in [0.5, 0.6) is 5.75 Å². The van der Waals surface area contributed by atoms with Gasteiger partial charge >= 0.3 is 0 Å². The van der Waals surface area contributed by atoms with E-state index in [0.29, 0.717) is 16.0 Å². The number of rotatable bonds is 4. The zero-order valence-electron chi connectivity index (χ0n) is 13.8. The zero-order chi connectivity index (χ0) is 16.4. The second-order valence-electron chi connectivity index (χ2n) is 6.40. The highest BCUT2D eigenvalue weighted by Crippen LogP contribution is 2.45. The summed E-state index contributed by atoms with van der Waals surface area (Å²) in [5.74, 6) is 0.596. The van der Waals surface area contributed by atoms with Crippen molar-refractivity contribution in [2.45, 2.75) is 31.7 Å². The lowest BCUT2D eigenvalue weighted by atomic mass is 9.89. The van der Waals surface area contributed by atoms with Gasteiger partial charge in [0.2, 0.25) is 0 Å². The lowest BCUT2D eigenvalue weighted by molar-refractivity contribution is -0.385. The maximum Gasteiger partial charge on any atom is 0.271 e. The Labute approximate surface area is 168 Å². The van der Waals surface area contributed by atoms with Gasteiger partial charge in [-0.05, 0) is 34.7 Å². The van der Waals surface area contributed by atoms with Crippen LogP contribution >= 0.6 is 40.7 Å². The predicted molar refractivity (Wildman–Crippen MR) is 106 cm³/mol. The predicted octanol–water partition coefficient (Wildman–Crippen LogP) is 4.04. The molecule has 0 spiro atoms. The Morgan fingerprint density at radius 3 is 2.40 bits per heavy atom. The second kappa shape index (κ2) is 9.92. The van der Waals surface area contributed by atoms with Crippen LogP contribution in [0.1, 0.15) is 37.3 Å². The third-order valence-electron chi connectivity index (χ3n) is 5.00. The van der Waals surface area contributed by atoms with Crippen molar-refractivity contribution in [1.29, 1.82) is 0 Å². The Morgan fingerprint density at radius 2 is 1.84 bits per heavy atom. The maximum absolute atomic E-state index is 11.2. The van der Waals surface area contributed by atoms with E-state index < -0.39 is 4.92 Å². The van der Waals surface area contributed by atoms with E-state index in [-0.39, 0.29) is 42.3 Å². The SMILES string of the molecule is Cl.Cl.O=[N+]([O-])c1cc(Br)c(O)c([C@H](C2CCCC2)N2CCNCC2)c1. The van der Waals surface area contributed by atoms with Crippen molar-refractivity contribution in [2.24, 2.45) is 5.92 Å². The molecule has 25 heavy (non-hydrogen) atoms. The molecule has 1 saturated carbocycles. The Kier molecular flexibility index (Phi) is 8.91. The number of phenolic OH excluding ortho intramolecular Hbond substituents is 1. The Morgan fingerprint density at radius 1 is 1.24 bits per heavy atom. The molecule has 6 nitrogen and oxygen atoms in total. The molecule has 1 aliphatic heterocycles. The van der Waals surface area contributed by atoms with E-state index >= 15 is 0 Å². The molecule has 0 unspecified atom stereocenters. The van der Waals surface area contributed by atoms with Crippen molar-refractivity contribution < 1.29 is 10.0 Å². The molecule has 1 aromatic rings. The number of nitrogens with zero attached hydrogens (tertiary/aromatic N) is 2. The van der Waals surface area contributed by atoms with E-state index in [4.69, 9.17) is 0 Å². The summed E-state index contributed by atoms with van der Waals surface area (Å²) in [7, 11) is 0. The average Bonchev–Trinajstić information content (AvgIpc) is 3.06. The third kappa shape index (κ3) is 4.98. The first-order valence-corrected chi connectivity index (χ1v) is 8.99. The second-order valence-corrected chi connectivity index (χ2v) is 7.25. The van der Waals surface area contributed by atoms with Crippen molar-refractivity contribution in [3.05, 3.63) is 32.3 Å². The first-order chi connectivity index (χ1) is 11.1. The molecular formula is C16H24BrCl2N3O3. The highest BCUT2D eigenvalue weighted by atomic mass is 79.9. The molecule has 1 saturated heterocycles. The van der Waals surface area contributed by atoms with Gasteiger partial charge in [-0.25, -0.2) is 0 Å². The van der Waals surface area contributed by atoms with E-state index in [1.807, 2.05) is 0 Å². The normalized spacial score (nSPS) is 19.7. The number of nitro benzene ring substituents is 1. The van der Waals surface area contributed by atoms with Crippen LogP contribution in [0.2, 0.25) is 0 Å². The number of hydrogen-bond donors (Lipinski definition) is 2. The van der Waals surface area contributed by atoms with Crippen LogP contribution in [0.4, 0.5) is 5.69 Å². The minimum atomic E-state index is -0.392. The number of aromatic hydroxyl groups is 1. The van der Waals surface area contributed by atoms with Crippen molar-refractivity contribution in [2.75, 3.05) is 26.2 Å². The van der Waals surface area contributed by atoms with Gasteiger partial charge in [0, 0.05) is 49.9 Å². The fraction of sp³-hybridized carbons (Fsp3) is 0.625. The lowest BCUT2D eigenvalue weighted by Crippen LogP contribution is -2.46. The molecule has 1 aliphatic carbocycles. The van der Waals surface area contributed by atoms with Gasteiger partial charge in [-0.2, -0.15) is 0 Å². The third-order valence-corrected chi connectivity index (χ3v) is 5.60. The van der Waals surface area contributed by atoms with Crippen LogP contribution in [0.15, 0.2) is 16.6 Å². The highest BCUT2D eigenvalue weighted by Gasteiger charge is 2.35. The first-order valence-electron chi connectivity index (χ1n) is 8.19. The number of non-ortho nitro benzene ring substituents is 1. The number of nitro groups is 1. The molecule has 3 rings (SSSR count). The van der Waals surface area contributed by atoms with Gasteiger partial charge in [0.05, 0.1) is 9.40 Å². The minimum absolute atomic E-state index is 0. The Balaban J connectivity index is 0.00000156. The summed E-state index contributed by atoms with van der Waals surface area (Å²) in [6.07, 6.45) is 4.64. The van der Waals surface area contributed by atoms with Crippen LogP contribution in [-0.2, 0) is 0 Å². The molecule has 2 aliphatic rings. The average molecular weight is 457 g/mol. The van der Waals surface area contributed by atoms with Gasteiger partial charge in [-0.1, -0.05) is 12.8 Å². The summed E-state index contributed by atoms with van der Waals surface area (Å²) >= 11 is 3.28. The van der Waals surface area contributed by atoms with Crippen molar-refractivity contribution in [3.63, 3.8) is 0 Å². The Hall–Kier alpha value is -0.600. The number of hydrogen-bond acceptors (Lipinski definition) is 5. The minimum Gasteiger partial charge on any atom is -0.506 e. The van der Waals surface area contributed by atoms with Gasteiger partial charge < -0.3 is 10.4 Å². The van der Waals surface area contributed by atoms with Crippen LogP contribution in [0.3, 0.4) is 0 Å². The summed E-state index contributed by atoms with van der Waals surface area (Å²) in [6, 6.07) is 2.99. The van der Waals surface area contributed by atoms with E-state index in [9.17, 15) is 15.2 Å². The van der Waals surface area contributed by atoms with E-state index in [1.165, 1.54) is 18.9 Å². The van der Waals surface area contributed by atoms with Crippen molar-refractivity contribution in [3.8, 4) is 5.75 Å². The van der Waals surface area contributed by atoms with Crippen molar-refractivity contribution >= 4 is 46.4 Å². The molecule has 0 amide bonds. The first kappa shape index (κ1) is 22.4. The summed E-state index contributed by atoms with van der Waals surface area (Å²) in [5, 5.41) is 25.1. The summed E-state index contributed by atoms with van der Waals surface area (Å²) in [5.41, 5.74) is 0.725. The van der Waals surface area contributed by atoms with Crippen LogP contribution in [0, 0.1) is 16.0 Å². The number of phenols is 1. The quantitative estimate of drug-likeness (QED) is 0.527. The molecular weight excluding hydrogens is 433 g/mol. The molecule has 0 bridgehead atoms. The molecule has 0 aromatic heterocycles. The van der Waals surface area contributed by atoms with E-state index in [2.05, 4.69) is 26.1 Å². The molecule has 1 heterocycles. The number of halogens is 3. The van der Waals surface area contributed by atoms with Crippen LogP contribution in [0.25, 0.3) is 0 Å². The fourth-order valence-electron chi connectivity index (χ4n) is 3.92. The Bertz CT molecular complexity index is 594. The summed E-state index contributed by atoms with van der Waals surface area (Å²) in [4.78, 5) is 13.2. The lowest BCUT2D eigenvalue weighted by Gasteiger charge is -2.38.